The Labute approximate surface area is 193 Å². The predicted molar refractivity (Wildman–Crippen MR) is 93.5 cm³/mol. The lowest BCUT2D eigenvalue weighted by Gasteiger charge is -2.41. The monoisotopic (exact) mass is 576 g/mol. The topological polar surface area (TPSA) is 42.0 Å². The number of aryl methyl sites for hydroxylation is 1. The Bertz CT molecular complexity index is 1130. The number of rotatable bonds is 8. The Hall–Kier alpha value is -2.11. The first-order valence-electron chi connectivity index (χ1n) is 8.38. The van der Waals surface area contributed by atoms with Crippen LogP contribution in [0, 0.1) is 6.92 Å². The van der Waals surface area contributed by atoms with Crippen molar-refractivity contribution in [1.82, 2.24) is 4.98 Å². The molecule has 1 amide bonds. The summed E-state index contributed by atoms with van der Waals surface area (Å²) in [5, 5.41) is -6.79. The molecule has 1 aromatic heterocycles. The molecule has 2 rings (SSSR count). The van der Waals surface area contributed by atoms with E-state index in [2.05, 4.69) is 16.6 Å². The lowest BCUT2D eigenvalue weighted by molar-refractivity contribution is -0.431. The zero-order valence-electron chi connectivity index (χ0n) is 16.2. The lowest BCUT2D eigenvalue weighted by Crippen LogP contribution is -2.73. The average molecular weight is 577 g/mol. The van der Waals surface area contributed by atoms with Gasteiger partial charge in [0.2, 0.25) is 0 Å². The van der Waals surface area contributed by atoms with E-state index in [4.69, 9.17) is 0 Å². The van der Waals surface area contributed by atoms with E-state index < -0.39 is 52.0 Å². The fraction of sp³-hybridized carbons (Fsp3) is 0.500. The van der Waals surface area contributed by atoms with Gasteiger partial charge in [-0.1, -0.05) is 17.4 Å². The number of thiazole rings is 1. The van der Waals surface area contributed by atoms with Crippen molar-refractivity contribution in [2.75, 3.05) is 5.32 Å². The van der Waals surface area contributed by atoms with Gasteiger partial charge in [0, 0.05) is 0 Å². The van der Waals surface area contributed by atoms with Crippen LogP contribution in [0.1, 0.15) is 5.56 Å². The van der Waals surface area contributed by atoms with Crippen LogP contribution >= 0.6 is 22.9 Å². The summed E-state index contributed by atoms with van der Waals surface area (Å²) >= 11 is 3.82. The Balaban J connectivity index is 2.48. The van der Waals surface area contributed by atoms with E-state index in [1.165, 1.54) is 25.1 Å². The molecule has 1 N–H and O–H groups in total. The molecule has 35 heavy (non-hydrogen) atoms. The number of nitrogens with one attached hydrogen (secondary N) is 1. The minimum absolute atomic E-state index is 0.0267. The van der Waals surface area contributed by atoms with Gasteiger partial charge < -0.3 is 0 Å². The summed E-state index contributed by atoms with van der Waals surface area (Å²) in [6, 6.07) is 4.03. The molecule has 0 unspecified atom stereocenters. The fourth-order valence-corrected chi connectivity index (χ4v) is 3.34. The number of amides is 1. The molecule has 0 saturated heterocycles. The number of anilines is 1. The first kappa shape index (κ1) is 29.1. The van der Waals surface area contributed by atoms with E-state index >= 15 is 0 Å². The Morgan fingerprint density at radius 2 is 1.26 bits per heavy atom. The van der Waals surface area contributed by atoms with Crippen LogP contribution in [0.25, 0.3) is 10.2 Å². The second-order valence-corrected chi connectivity index (χ2v) is 8.39. The molecular formula is C16H7ClF14N2OS. The molecule has 3 nitrogen and oxygen atoms in total. The van der Waals surface area contributed by atoms with Gasteiger partial charge in [0.25, 0.3) is 0 Å². The van der Waals surface area contributed by atoms with Gasteiger partial charge in [0.15, 0.2) is 5.13 Å². The van der Waals surface area contributed by atoms with Crippen LogP contribution in [-0.2, 0) is 4.79 Å². The first-order valence-corrected chi connectivity index (χ1v) is 9.58. The van der Waals surface area contributed by atoms with E-state index in [0.717, 1.165) is 5.32 Å². The summed E-state index contributed by atoms with van der Waals surface area (Å²) in [7, 11) is 0. The Kier molecular flexibility index (Phi) is 6.83. The van der Waals surface area contributed by atoms with Crippen molar-refractivity contribution in [1.29, 1.82) is 0 Å². The number of carbonyl (C=O) groups is 1. The molecule has 0 aliphatic carbocycles. The van der Waals surface area contributed by atoms with Gasteiger partial charge in [-0.3, -0.25) is 10.1 Å². The number of nitrogens with zero attached hydrogens (tertiary/aromatic N) is 1. The number of hydrogen-bond donors (Lipinski definition) is 1. The van der Waals surface area contributed by atoms with Crippen molar-refractivity contribution < 1.29 is 66.3 Å². The molecule has 1 aromatic carbocycles. The Morgan fingerprint density at radius 1 is 0.800 bits per heavy atom. The SMILES string of the molecule is Cc1ccc2sc(NC(=O)C(F)(F)C(F)(F)C(F)(F)C(F)(F)C(F)(F)C(F)(F)C(F)(F)Cl)nc2c1. The van der Waals surface area contributed by atoms with Gasteiger partial charge in [0.1, 0.15) is 0 Å². The van der Waals surface area contributed by atoms with E-state index in [-0.39, 0.29) is 10.2 Å². The number of alkyl halides is 15. The maximum atomic E-state index is 13.9. The molecular weight excluding hydrogens is 570 g/mol. The number of aromatic nitrogens is 1. The molecule has 1 heterocycles. The summed E-state index contributed by atoms with van der Waals surface area (Å²) in [5.74, 6) is -50.6. The standard InChI is InChI=1S/C16H7ClF14N2OS/c1-5-2-3-7-6(4-5)32-9(35-7)33-8(34)10(18,19)11(20,21)12(22,23)13(24,25)14(26,27)15(28,29)16(17,30)31/h2-4H,1H3,(H,32,33,34). The molecule has 0 bridgehead atoms. The third-order valence-electron chi connectivity index (χ3n) is 4.38. The van der Waals surface area contributed by atoms with Crippen molar-refractivity contribution in [3.05, 3.63) is 23.8 Å². The highest BCUT2D eigenvalue weighted by atomic mass is 35.5. The molecule has 0 aliphatic heterocycles. The minimum atomic E-state index is -8.30. The highest BCUT2D eigenvalue weighted by molar-refractivity contribution is 7.22. The highest BCUT2D eigenvalue weighted by Gasteiger charge is 2.93. The maximum absolute atomic E-state index is 13.9. The maximum Gasteiger partial charge on any atom is 0.393 e. The second kappa shape index (κ2) is 8.21. The minimum Gasteiger partial charge on any atom is -0.296 e. The molecule has 0 radical (unpaired) electrons. The summed E-state index contributed by atoms with van der Waals surface area (Å²) in [6.45, 7) is 1.52. The van der Waals surface area contributed by atoms with E-state index in [0.29, 0.717) is 16.9 Å². The van der Waals surface area contributed by atoms with Crippen molar-refractivity contribution in [2.24, 2.45) is 0 Å². The number of hydrogen-bond acceptors (Lipinski definition) is 3. The summed E-state index contributed by atoms with van der Waals surface area (Å²) in [6.07, 6.45) is 0. The fourth-order valence-electron chi connectivity index (χ4n) is 2.38. The van der Waals surface area contributed by atoms with E-state index in [1.807, 2.05) is 0 Å². The van der Waals surface area contributed by atoms with Crippen LogP contribution in [0.3, 0.4) is 0 Å². The largest absolute Gasteiger partial charge is 0.393 e. The van der Waals surface area contributed by atoms with Gasteiger partial charge in [-0.15, -0.1) is 0 Å². The smallest absolute Gasteiger partial charge is 0.296 e. The Morgan fingerprint density at radius 3 is 1.74 bits per heavy atom. The molecule has 0 saturated carbocycles. The van der Waals surface area contributed by atoms with E-state index in [1.54, 1.807) is 0 Å². The number of benzene rings is 1. The lowest BCUT2D eigenvalue weighted by atomic mass is 9.91. The van der Waals surface area contributed by atoms with Crippen molar-refractivity contribution in [3.63, 3.8) is 0 Å². The molecule has 19 heteroatoms. The zero-order valence-corrected chi connectivity index (χ0v) is 17.7. The van der Waals surface area contributed by atoms with Gasteiger partial charge in [0.05, 0.1) is 10.2 Å². The molecule has 0 spiro atoms. The molecule has 0 atom stereocenters. The van der Waals surface area contributed by atoms with Crippen LogP contribution in [0.5, 0.6) is 0 Å². The quantitative estimate of drug-likeness (QED) is 0.267. The molecule has 0 aliphatic rings. The molecule has 0 fully saturated rings. The van der Waals surface area contributed by atoms with Crippen LogP contribution in [0.15, 0.2) is 18.2 Å². The van der Waals surface area contributed by atoms with Crippen LogP contribution < -0.4 is 5.32 Å². The highest BCUT2D eigenvalue weighted by Crippen LogP contribution is 2.62. The van der Waals surface area contributed by atoms with Crippen LogP contribution in [0.4, 0.5) is 66.6 Å². The number of fused-ring (bicyclic) bond motifs is 1. The van der Waals surface area contributed by atoms with Gasteiger partial charge in [-0.05, 0) is 36.2 Å². The third-order valence-corrected chi connectivity index (χ3v) is 5.57. The van der Waals surface area contributed by atoms with Gasteiger partial charge in [-0.2, -0.15) is 61.5 Å². The zero-order chi connectivity index (χ0) is 27.6. The summed E-state index contributed by atoms with van der Waals surface area (Å²) in [5.41, 5.74) is 0.501. The average Bonchev–Trinajstić information content (AvgIpc) is 3.07. The van der Waals surface area contributed by atoms with Crippen LogP contribution in [0.2, 0.25) is 0 Å². The summed E-state index contributed by atoms with van der Waals surface area (Å²) < 4.78 is 188. The van der Waals surface area contributed by atoms with Gasteiger partial charge >= 0.3 is 46.8 Å². The second-order valence-electron chi connectivity index (χ2n) is 6.89. The van der Waals surface area contributed by atoms with Crippen molar-refractivity contribution >= 4 is 44.2 Å². The third kappa shape index (κ3) is 4.15. The normalized spacial score (nSPS) is 15.0. The number of halogens is 15. The summed E-state index contributed by atoms with van der Waals surface area (Å²) in [4.78, 5) is 15.0. The molecule has 198 valence electrons. The van der Waals surface area contributed by atoms with Crippen molar-refractivity contribution in [2.45, 2.75) is 47.8 Å². The first-order chi connectivity index (χ1) is 15.4. The van der Waals surface area contributed by atoms with Crippen LogP contribution in [-0.4, -0.2) is 51.8 Å². The molecule has 2 aromatic rings. The number of carbonyl (C=O) groups excluding carboxylic acids is 1. The van der Waals surface area contributed by atoms with Crippen molar-refractivity contribution in [3.8, 4) is 0 Å². The van der Waals surface area contributed by atoms with E-state index in [9.17, 15) is 66.3 Å². The predicted octanol–water partition coefficient (Wildman–Crippen LogP) is 7.19. The van der Waals surface area contributed by atoms with Gasteiger partial charge in [-0.25, -0.2) is 4.98 Å².